The monoisotopic (exact) mass is 667 g/mol. The van der Waals surface area contributed by atoms with Gasteiger partial charge in [0.15, 0.2) is 0 Å². The molecule has 0 spiro atoms. The van der Waals surface area contributed by atoms with E-state index in [1.54, 1.807) is 0 Å². The number of allylic oxidation sites excluding steroid dienone is 3. The van der Waals surface area contributed by atoms with Crippen LogP contribution in [0.25, 0.3) is 16.5 Å². The first kappa shape index (κ1) is 35.6. The first-order valence-electron chi connectivity index (χ1n) is 17.1. The number of likely N-dealkylation sites (N-methyl/N-ethyl adjacent to an activating group) is 1. The van der Waals surface area contributed by atoms with Crippen molar-refractivity contribution in [3.05, 3.63) is 93.3 Å². The van der Waals surface area contributed by atoms with Crippen molar-refractivity contribution in [2.24, 2.45) is 4.99 Å². The fourth-order valence-electron chi connectivity index (χ4n) is 6.66. The topological polar surface area (TPSA) is 124 Å². The zero-order valence-corrected chi connectivity index (χ0v) is 29.2. The van der Waals surface area contributed by atoms with Gasteiger partial charge in [0, 0.05) is 74.8 Å². The highest BCUT2D eigenvalue weighted by molar-refractivity contribution is 6.15. The molecule has 2 amide bonds. The third-order valence-corrected chi connectivity index (χ3v) is 9.44. The van der Waals surface area contributed by atoms with E-state index in [9.17, 15) is 14.4 Å². The zero-order chi connectivity index (χ0) is 35.1. The van der Waals surface area contributed by atoms with Crippen molar-refractivity contribution < 1.29 is 14.3 Å². The third-order valence-electron chi connectivity index (χ3n) is 9.44. The summed E-state index contributed by atoms with van der Waals surface area (Å²) in [5.41, 5.74) is 5.58. The maximum absolute atomic E-state index is 14.2. The van der Waals surface area contributed by atoms with E-state index in [0.29, 0.717) is 35.4 Å². The molecule has 1 aromatic carbocycles. The Hall–Kier alpha value is -4.74. The Labute approximate surface area is 288 Å². The fourth-order valence-corrected chi connectivity index (χ4v) is 6.66. The number of nitrogens with zero attached hydrogens (tertiary/aromatic N) is 4. The summed E-state index contributed by atoms with van der Waals surface area (Å²) in [7, 11) is 2.11. The van der Waals surface area contributed by atoms with Gasteiger partial charge in [0.05, 0.1) is 16.8 Å². The number of aromatic nitrogens is 2. The number of H-pyrrole nitrogens is 1. The molecule has 0 unspecified atom stereocenters. The van der Waals surface area contributed by atoms with Gasteiger partial charge in [0.2, 0.25) is 5.91 Å². The van der Waals surface area contributed by atoms with Crippen LogP contribution in [0.2, 0.25) is 0 Å². The number of hydrogen-bond acceptors (Lipinski definition) is 7. The van der Waals surface area contributed by atoms with E-state index in [4.69, 9.17) is 4.74 Å². The number of piperazine rings is 1. The standard InChI is InChI=1S/C38H49N7O4/c1-7-9-27-20-26(4)41-38(48)31(27)23-40-37(47)30-21-28(25(3)10-11-34(39-5)44-16-14-43(6)15-17-44)22-33-36(30)32(42-35(46)8-2)24-45(33)29-12-18-49-19-13-29/h8,10-11,20-22,24,29H,2,5,7,9,12-19,23H2,1,3-4,6H3,(H,40,47)(H,41,48)(H,42,46)/b25-10+,34-11+. The molecule has 3 aromatic rings. The summed E-state index contributed by atoms with van der Waals surface area (Å²) in [5, 5.41) is 6.61. The quantitative estimate of drug-likeness (QED) is 0.139. The van der Waals surface area contributed by atoms with Crippen LogP contribution in [0, 0.1) is 6.92 Å². The van der Waals surface area contributed by atoms with Crippen LogP contribution in [-0.2, 0) is 22.5 Å². The molecule has 11 heteroatoms. The molecule has 2 aromatic heterocycles. The maximum Gasteiger partial charge on any atom is 0.253 e. The Balaban J connectivity index is 1.61. The number of carbonyl (C=O) groups is 2. The Bertz CT molecular complexity index is 1840. The summed E-state index contributed by atoms with van der Waals surface area (Å²) in [6.07, 6.45) is 10.3. The molecule has 2 fully saturated rings. The van der Waals surface area contributed by atoms with Crippen LogP contribution in [0.5, 0.6) is 0 Å². The van der Waals surface area contributed by atoms with Gasteiger partial charge in [0.25, 0.3) is 11.5 Å². The van der Waals surface area contributed by atoms with Crippen LogP contribution < -0.4 is 16.2 Å². The average Bonchev–Trinajstić information content (AvgIpc) is 3.46. The molecular formula is C38H49N7O4. The molecule has 4 heterocycles. The van der Waals surface area contributed by atoms with Crippen LogP contribution in [0.4, 0.5) is 5.69 Å². The highest BCUT2D eigenvalue weighted by Crippen LogP contribution is 2.37. The number of aromatic amines is 1. The summed E-state index contributed by atoms with van der Waals surface area (Å²) in [6, 6.07) is 6.03. The molecule has 2 aliphatic heterocycles. The van der Waals surface area contributed by atoms with Crippen LogP contribution in [0.15, 0.2) is 64.8 Å². The minimum absolute atomic E-state index is 0.0709. The van der Waals surface area contributed by atoms with Crippen LogP contribution in [0.3, 0.4) is 0 Å². The number of amides is 2. The number of rotatable bonds is 12. The molecule has 49 heavy (non-hydrogen) atoms. The zero-order valence-electron chi connectivity index (χ0n) is 29.2. The van der Waals surface area contributed by atoms with E-state index >= 15 is 0 Å². The van der Waals surface area contributed by atoms with Crippen molar-refractivity contribution in [2.75, 3.05) is 51.8 Å². The fraction of sp³-hybridized carbons (Fsp3) is 0.421. The lowest BCUT2D eigenvalue weighted by Crippen LogP contribution is -2.43. The summed E-state index contributed by atoms with van der Waals surface area (Å²) >= 11 is 0. The number of benzene rings is 1. The predicted molar refractivity (Wildman–Crippen MR) is 197 cm³/mol. The second-order valence-electron chi connectivity index (χ2n) is 12.9. The third kappa shape index (κ3) is 8.29. The van der Waals surface area contributed by atoms with Crippen molar-refractivity contribution in [2.45, 2.75) is 59.0 Å². The molecule has 0 bridgehead atoms. The SMILES string of the molecule is C=CC(=O)Nc1cn(C2CCOCC2)c2cc(/C(C)=C/C=C(\N=C)N3CCN(C)CC3)cc(C(=O)NCc3c(CCC)cc(C)[nH]c3=O)c12. The number of anilines is 1. The predicted octanol–water partition coefficient (Wildman–Crippen LogP) is 5.19. The van der Waals surface area contributed by atoms with Crippen molar-refractivity contribution >= 4 is 40.7 Å². The van der Waals surface area contributed by atoms with E-state index in [-0.39, 0.29) is 30.0 Å². The second kappa shape index (κ2) is 16.1. The van der Waals surface area contributed by atoms with Crippen molar-refractivity contribution in [3.8, 4) is 0 Å². The van der Waals surface area contributed by atoms with Gasteiger partial charge in [-0.2, -0.15) is 0 Å². The van der Waals surface area contributed by atoms with Gasteiger partial charge in [0.1, 0.15) is 5.82 Å². The first-order chi connectivity index (χ1) is 23.6. The van der Waals surface area contributed by atoms with E-state index in [1.807, 2.05) is 44.3 Å². The summed E-state index contributed by atoms with van der Waals surface area (Å²) in [5.74, 6) is 0.0893. The smallest absolute Gasteiger partial charge is 0.253 e. The van der Waals surface area contributed by atoms with E-state index in [1.165, 1.54) is 6.08 Å². The maximum atomic E-state index is 14.2. The van der Waals surface area contributed by atoms with E-state index < -0.39 is 0 Å². The lowest BCUT2D eigenvalue weighted by Gasteiger charge is -2.33. The second-order valence-corrected chi connectivity index (χ2v) is 12.9. The number of aryl methyl sites for hydroxylation is 2. The number of hydrogen-bond donors (Lipinski definition) is 3. The minimum atomic E-state index is -0.369. The minimum Gasteiger partial charge on any atom is -0.381 e. The number of carbonyl (C=O) groups excluding carboxylic acids is 2. The normalized spacial score (nSPS) is 16.5. The summed E-state index contributed by atoms with van der Waals surface area (Å²) < 4.78 is 7.82. The van der Waals surface area contributed by atoms with Gasteiger partial charge in [-0.25, -0.2) is 4.99 Å². The lowest BCUT2D eigenvalue weighted by molar-refractivity contribution is -0.111. The van der Waals surface area contributed by atoms with Gasteiger partial charge in [-0.3, -0.25) is 14.4 Å². The summed E-state index contributed by atoms with van der Waals surface area (Å²) in [4.78, 5) is 51.6. The van der Waals surface area contributed by atoms with Crippen molar-refractivity contribution in [3.63, 3.8) is 0 Å². The van der Waals surface area contributed by atoms with Crippen molar-refractivity contribution in [1.29, 1.82) is 0 Å². The molecule has 0 radical (unpaired) electrons. The number of nitrogens with one attached hydrogen (secondary N) is 3. The molecule has 0 aliphatic carbocycles. The summed E-state index contributed by atoms with van der Waals surface area (Å²) in [6.45, 7) is 18.3. The van der Waals surface area contributed by atoms with E-state index in [2.05, 4.69) is 68.3 Å². The molecule has 5 rings (SSSR count). The average molecular weight is 668 g/mol. The first-order valence-corrected chi connectivity index (χ1v) is 17.1. The number of pyridine rings is 1. The van der Waals surface area contributed by atoms with Gasteiger partial charge in [-0.15, -0.1) is 0 Å². The Morgan fingerprint density at radius 1 is 1.12 bits per heavy atom. The van der Waals surface area contributed by atoms with Crippen LogP contribution in [-0.4, -0.2) is 84.3 Å². The van der Waals surface area contributed by atoms with Crippen molar-refractivity contribution in [1.82, 2.24) is 24.7 Å². The van der Waals surface area contributed by atoms with E-state index in [0.717, 1.165) is 85.6 Å². The lowest BCUT2D eigenvalue weighted by atomic mass is 9.98. The van der Waals surface area contributed by atoms with Crippen LogP contribution >= 0.6 is 0 Å². The van der Waals surface area contributed by atoms with Gasteiger partial charge < -0.3 is 34.7 Å². The highest BCUT2D eigenvalue weighted by Gasteiger charge is 2.25. The molecule has 0 atom stereocenters. The number of aliphatic imine (C=N–C) groups is 1. The highest BCUT2D eigenvalue weighted by atomic mass is 16.5. The molecule has 260 valence electrons. The van der Waals surface area contributed by atoms with Gasteiger partial charge in [-0.1, -0.05) is 26.0 Å². The van der Waals surface area contributed by atoms with Gasteiger partial charge >= 0.3 is 0 Å². The molecular weight excluding hydrogens is 618 g/mol. The Morgan fingerprint density at radius 3 is 2.53 bits per heavy atom. The molecule has 2 saturated heterocycles. The molecule has 2 aliphatic rings. The van der Waals surface area contributed by atoms with Gasteiger partial charge in [-0.05, 0) is 93.9 Å². The Morgan fingerprint density at radius 2 is 1.86 bits per heavy atom. The molecule has 3 N–H and O–H groups in total. The van der Waals surface area contributed by atoms with Crippen LogP contribution in [0.1, 0.15) is 71.9 Å². The molecule has 0 saturated carbocycles. The Kier molecular flexibility index (Phi) is 11.7. The molecule has 11 nitrogen and oxygen atoms in total. The number of ether oxygens (including phenoxy) is 1. The number of fused-ring (bicyclic) bond motifs is 1. The largest absolute Gasteiger partial charge is 0.381 e.